The van der Waals surface area contributed by atoms with Gasteiger partial charge < -0.3 is 0 Å². The molecule has 0 aliphatic rings. The molecule has 0 saturated heterocycles. The van der Waals surface area contributed by atoms with Gasteiger partial charge in [-0.3, -0.25) is 4.90 Å². The first-order valence-corrected chi connectivity index (χ1v) is 6.10. The highest BCUT2D eigenvalue weighted by Crippen LogP contribution is 2.14. The maximum absolute atomic E-state index is 10.4. The van der Waals surface area contributed by atoms with E-state index < -0.39 is 0 Å². The molecule has 0 spiro atoms. The number of nitroso groups, excluding NO2 is 1. The number of hydrogen-bond donors (Lipinski definition) is 0. The third-order valence-electron chi connectivity index (χ3n) is 2.35. The van der Waals surface area contributed by atoms with Gasteiger partial charge in [-0.15, -0.1) is 11.3 Å². The van der Waals surface area contributed by atoms with Crippen LogP contribution in [0.5, 0.6) is 0 Å². The summed E-state index contributed by atoms with van der Waals surface area (Å²) in [4.78, 5) is 14.0. The standard InChI is InChI=1S/C11H18N2OS/c1-9(2)13(7-10(3)12-14)8-11-5-4-6-15-11/h4-6,9-10H,7-8H2,1-3H3. The van der Waals surface area contributed by atoms with Crippen molar-refractivity contribution in [2.24, 2.45) is 5.18 Å². The Morgan fingerprint density at radius 2 is 2.20 bits per heavy atom. The van der Waals surface area contributed by atoms with Crippen molar-refractivity contribution in [3.8, 4) is 0 Å². The van der Waals surface area contributed by atoms with Gasteiger partial charge in [0.2, 0.25) is 0 Å². The average Bonchev–Trinajstić information content (AvgIpc) is 2.69. The Kier molecular flexibility index (Phi) is 4.91. The van der Waals surface area contributed by atoms with Crippen LogP contribution in [-0.4, -0.2) is 23.5 Å². The zero-order valence-corrected chi connectivity index (χ0v) is 10.3. The molecule has 1 atom stereocenters. The Hall–Kier alpha value is -0.740. The first-order valence-electron chi connectivity index (χ1n) is 5.22. The van der Waals surface area contributed by atoms with Gasteiger partial charge in [-0.25, -0.2) is 0 Å². The molecular weight excluding hydrogens is 208 g/mol. The summed E-state index contributed by atoms with van der Waals surface area (Å²) in [6.45, 7) is 7.79. The lowest BCUT2D eigenvalue weighted by atomic mass is 10.2. The Morgan fingerprint density at radius 1 is 1.47 bits per heavy atom. The van der Waals surface area contributed by atoms with Crippen LogP contribution >= 0.6 is 11.3 Å². The quantitative estimate of drug-likeness (QED) is 0.698. The van der Waals surface area contributed by atoms with Gasteiger partial charge in [0, 0.05) is 24.0 Å². The largest absolute Gasteiger partial charge is 0.294 e. The molecule has 0 aliphatic carbocycles. The van der Waals surface area contributed by atoms with E-state index in [9.17, 15) is 4.91 Å². The van der Waals surface area contributed by atoms with Gasteiger partial charge in [0.25, 0.3) is 0 Å². The van der Waals surface area contributed by atoms with Gasteiger partial charge >= 0.3 is 0 Å². The van der Waals surface area contributed by atoms with E-state index in [-0.39, 0.29) is 6.04 Å². The van der Waals surface area contributed by atoms with Crippen molar-refractivity contribution in [2.45, 2.75) is 39.4 Å². The Morgan fingerprint density at radius 3 is 2.67 bits per heavy atom. The van der Waals surface area contributed by atoms with Gasteiger partial charge in [-0.2, -0.15) is 4.91 Å². The van der Waals surface area contributed by atoms with Gasteiger partial charge in [0.05, 0.1) is 0 Å². The maximum atomic E-state index is 10.4. The minimum absolute atomic E-state index is 0.132. The van der Waals surface area contributed by atoms with Crippen molar-refractivity contribution in [1.82, 2.24) is 4.90 Å². The summed E-state index contributed by atoms with van der Waals surface area (Å²) in [6, 6.07) is 4.49. The second-order valence-electron chi connectivity index (χ2n) is 4.06. The summed E-state index contributed by atoms with van der Waals surface area (Å²) >= 11 is 1.75. The molecule has 1 rings (SSSR count). The van der Waals surface area contributed by atoms with E-state index in [1.165, 1.54) is 4.88 Å². The second kappa shape index (κ2) is 5.98. The Balaban J connectivity index is 2.54. The molecular formula is C11H18N2OS. The molecule has 1 aromatic rings. The zero-order chi connectivity index (χ0) is 11.3. The van der Waals surface area contributed by atoms with E-state index >= 15 is 0 Å². The van der Waals surface area contributed by atoms with Crippen LogP contribution in [0.15, 0.2) is 22.7 Å². The molecule has 0 saturated carbocycles. The van der Waals surface area contributed by atoms with Crippen LogP contribution in [0.2, 0.25) is 0 Å². The number of rotatable bonds is 6. The summed E-state index contributed by atoms with van der Waals surface area (Å²) in [5.74, 6) is 0. The lowest BCUT2D eigenvalue weighted by molar-refractivity contribution is 0.205. The summed E-state index contributed by atoms with van der Waals surface area (Å²) in [7, 11) is 0. The van der Waals surface area contributed by atoms with Crippen molar-refractivity contribution < 1.29 is 0 Å². The molecule has 0 aromatic carbocycles. The Labute approximate surface area is 95.1 Å². The predicted octanol–water partition coefficient (Wildman–Crippen LogP) is 3.11. The molecule has 1 unspecified atom stereocenters. The Bertz CT molecular complexity index is 285. The molecule has 0 N–H and O–H groups in total. The monoisotopic (exact) mass is 226 g/mol. The third-order valence-corrected chi connectivity index (χ3v) is 3.21. The van der Waals surface area contributed by atoms with Crippen molar-refractivity contribution in [3.63, 3.8) is 0 Å². The van der Waals surface area contributed by atoms with Crippen LogP contribution in [0.4, 0.5) is 0 Å². The van der Waals surface area contributed by atoms with Crippen LogP contribution in [-0.2, 0) is 6.54 Å². The van der Waals surface area contributed by atoms with E-state index in [0.717, 1.165) is 13.1 Å². The minimum Gasteiger partial charge on any atom is -0.294 e. The summed E-state index contributed by atoms with van der Waals surface area (Å²) in [5.41, 5.74) is 0. The first-order chi connectivity index (χ1) is 7.13. The molecule has 0 radical (unpaired) electrons. The zero-order valence-electron chi connectivity index (χ0n) is 9.51. The fourth-order valence-corrected chi connectivity index (χ4v) is 2.16. The van der Waals surface area contributed by atoms with Crippen LogP contribution in [0, 0.1) is 4.91 Å². The molecule has 84 valence electrons. The highest BCUT2D eigenvalue weighted by molar-refractivity contribution is 7.09. The SMILES string of the molecule is CC(CN(Cc1cccs1)C(C)C)N=O. The van der Waals surface area contributed by atoms with Crippen LogP contribution in [0.25, 0.3) is 0 Å². The lowest BCUT2D eigenvalue weighted by Gasteiger charge is -2.26. The number of nitrogens with zero attached hydrogens (tertiary/aromatic N) is 2. The van der Waals surface area contributed by atoms with Gasteiger partial charge in [-0.05, 0) is 32.2 Å². The molecule has 4 heteroatoms. The minimum atomic E-state index is -0.132. The van der Waals surface area contributed by atoms with Gasteiger partial charge in [-0.1, -0.05) is 11.2 Å². The average molecular weight is 226 g/mol. The van der Waals surface area contributed by atoms with Crippen LogP contribution in [0.3, 0.4) is 0 Å². The highest BCUT2D eigenvalue weighted by atomic mass is 32.1. The van der Waals surface area contributed by atoms with Crippen LogP contribution < -0.4 is 0 Å². The summed E-state index contributed by atoms with van der Waals surface area (Å²) in [6.07, 6.45) is 0. The van der Waals surface area contributed by atoms with E-state index in [1.54, 1.807) is 11.3 Å². The van der Waals surface area contributed by atoms with E-state index in [1.807, 2.05) is 6.92 Å². The highest BCUT2D eigenvalue weighted by Gasteiger charge is 2.14. The molecule has 0 bridgehead atoms. The summed E-state index contributed by atoms with van der Waals surface area (Å²) in [5, 5.41) is 5.13. The number of hydrogen-bond acceptors (Lipinski definition) is 4. The van der Waals surface area contributed by atoms with Crippen molar-refractivity contribution in [1.29, 1.82) is 0 Å². The fourth-order valence-electron chi connectivity index (χ4n) is 1.43. The van der Waals surface area contributed by atoms with Crippen molar-refractivity contribution in [3.05, 3.63) is 27.3 Å². The van der Waals surface area contributed by atoms with Crippen molar-refractivity contribution >= 4 is 11.3 Å². The smallest absolute Gasteiger partial charge is 0.102 e. The normalized spacial score (nSPS) is 13.4. The number of thiophene rings is 1. The second-order valence-corrected chi connectivity index (χ2v) is 5.09. The molecule has 0 amide bonds. The third kappa shape index (κ3) is 4.10. The summed E-state index contributed by atoms with van der Waals surface area (Å²) < 4.78 is 0. The van der Waals surface area contributed by atoms with Gasteiger partial charge in [0.15, 0.2) is 0 Å². The topological polar surface area (TPSA) is 32.7 Å². The van der Waals surface area contributed by atoms with E-state index in [0.29, 0.717) is 6.04 Å². The fraction of sp³-hybridized carbons (Fsp3) is 0.636. The molecule has 1 aromatic heterocycles. The van der Waals surface area contributed by atoms with Crippen LogP contribution in [0.1, 0.15) is 25.6 Å². The maximum Gasteiger partial charge on any atom is 0.102 e. The molecule has 15 heavy (non-hydrogen) atoms. The van der Waals surface area contributed by atoms with Crippen molar-refractivity contribution in [2.75, 3.05) is 6.54 Å². The van der Waals surface area contributed by atoms with E-state index in [4.69, 9.17) is 0 Å². The predicted molar refractivity (Wildman–Crippen MR) is 65.1 cm³/mol. The lowest BCUT2D eigenvalue weighted by Crippen LogP contribution is -2.35. The molecule has 1 heterocycles. The molecule has 0 aliphatic heterocycles. The molecule has 3 nitrogen and oxygen atoms in total. The molecule has 0 fully saturated rings. The van der Waals surface area contributed by atoms with Gasteiger partial charge in [0.1, 0.15) is 6.04 Å². The first kappa shape index (κ1) is 12.3. The van der Waals surface area contributed by atoms with E-state index in [2.05, 4.69) is 41.4 Å².